The molecule has 0 spiro atoms. The molecule has 0 radical (unpaired) electrons. The first kappa shape index (κ1) is 21.5. The SMILES string of the molecule is COCC1(C)CN(C(=O)Nc2cccc(S(=O)(=O)Nc3cccc4c(Cl)c[nH]c34)c2)C1. The number of methoxy groups -OCH3 is 1. The van der Waals surface area contributed by atoms with Crippen LogP contribution in [0.2, 0.25) is 5.02 Å². The summed E-state index contributed by atoms with van der Waals surface area (Å²) in [6.07, 6.45) is 1.60. The number of nitrogens with zero attached hydrogens (tertiary/aromatic N) is 1. The van der Waals surface area contributed by atoms with Gasteiger partial charge in [0, 0.05) is 42.9 Å². The number of carbonyl (C=O) groups is 1. The molecule has 8 nitrogen and oxygen atoms in total. The number of fused-ring (bicyclic) bond motifs is 1. The van der Waals surface area contributed by atoms with Gasteiger partial charge in [0.2, 0.25) is 0 Å². The van der Waals surface area contributed by atoms with Crippen molar-refractivity contribution in [1.29, 1.82) is 0 Å². The molecule has 0 unspecified atom stereocenters. The molecule has 0 bridgehead atoms. The maximum atomic E-state index is 13.0. The number of ether oxygens (including phenoxy) is 1. The molecule has 2 aromatic carbocycles. The van der Waals surface area contributed by atoms with E-state index in [1.165, 1.54) is 12.1 Å². The molecule has 3 aromatic rings. The van der Waals surface area contributed by atoms with Crippen LogP contribution < -0.4 is 10.0 Å². The second kappa shape index (κ2) is 8.07. The summed E-state index contributed by atoms with van der Waals surface area (Å²) in [5.74, 6) is 0. The zero-order valence-corrected chi connectivity index (χ0v) is 18.7. The number of sulfonamides is 1. The van der Waals surface area contributed by atoms with Crippen LogP contribution in [0, 0.1) is 5.41 Å². The van der Waals surface area contributed by atoms with Gasteiger partial charge in [0.05, 0.1) is 27.7 Å². The molecule has 1 saturated heterocycles. The van der Waals surface area contributed by atoms with E-state index in [2.05, 4.69) is 21.9 Å². The average Bonchev–Trinajstić information content (AvgIpc) is 3.08. The van der Waals surface area contributed by atoms with Crippen molar-refractivity contribution >= 4 is 49.9 Å². The van der Waals surface area contributed by atoms with Crippen LogP contribution in [0.1, 0.15) is 6.92 Å². The highest BCUT2D eigenvalue weighted by atomic mass is 35.5. The molecule has 164 valence electrons. The molecule has 31 heavy (non-hydrogen) atoms. The van der Waals surface area contributed by atoms with Gasteiger partial charge in [0.25, 0.3) is 10.0 Å². The summed E-state index contributed by atoms with van der Waals surface area (Å²) >= 11 is 6.12. The third-order valence-electron chi connectivity index (χ3n) is 5.23. The standard InChI is InChI=1S/C21H23ClN4O4S/c1-21(13-30-2)11-26(12-21)20(27)24-14-5-3-6-15(9-14)31(28,29)25-18-8-4-7-16-17(22)10-23-19(16)18/h3-10,23,25H,11-13H2,1-2H3,(H,24,27). The number of hydrogen-bond acceptors (Lipinski definition) is 4. The number of hydrogen-bond donors (Lipinski definition) is 3. The van der Waals surface area contributed by atoms with Gasteiger partial charge in [0.1, 0.15) is 0 Å². The van der Waals surface area contributed by atoms with Gasteiger partial charge in [-0.1, -0.05) is 36.7 Å². The lowest BCUT2D eigenvalue weighted by Crippen LogP contribution is -2.59. The van der Waals surface area contributed by atoms with E-state index < -0.39 is 10.0 Å². The van der Waals surface area contributed by atoms with Crippen molar-refractivity contribution in [2.75, 3.05) is 36.8 Å². The van der Waals surface area contributed by atoms with E-state index in [1.54, 1.807) is 48.5 Å². The van der Waals surface area contributed by atoms with E-state index in [9.17, 15) is 13.2 Å². The molecular formula is C21H23ClN4O4S. The second-order valence-corrected chi connectivity index (χ2v) is 10.1. The Hall–Kier alpha value is -2.75. The molecule has 1 aliphatic rings. The highest BCUT2D eigenvalue weighted by Gasteiger charge is 2.41. The van der Waals surface area contributed by atoms with Gasteiger partial charge >= 0.3 is 6.03 Å². The fourth-order valence-corrected chi connectivity index (χ4v) is 5.14. The zero-order valence-electron chi connectivity index (χ0n) is 17.1. The minimum Gasteiger partial charge on any atom is -0.384 e. The molecule has 0 atom stereocenters. The van der Waals surface area contributed by atoms with Crippen molar-refractivity contribution in [2.24, 2.45) is 5.41 Å². The van der Waals surface area contributed by atoms with Crippen LogP contribution in [0.3, 0.4) is 0 Å². The maximum Gasteiger partial charge on any atom is 0.321 e. The summed E-state index contributed by atoms with van der Waals surface area (Å²) in [5.41, 5.74) is 1.33. The number of urea groups is 1. The Labute approximate surface area is 185 Å². The Morgan fingerprint density at radius 1 is 1.26 bits per heavy atom. The highest BCUT2D eigenvalue weighted by molar-refractivity contribution is 7.92. The first-order valence-corrected chi connectivity index (χ1v) is 11.5. The molecule has 0 saturated carbocycles. The first-order chi connectivity index (χ1) is 14.7. The van der Waals surface area contributed by atoms with E-state index in [-0.39, 0.29) is 16.3 Å². The fraction of sp³-hybridized carbons (Fsp3) is 0.286. The van der Waals surface area contributed by atoms with Crippen molar-refractivity contribution in [3.8, 4) is 0 Å². The predicted molar refractivity (Wildman–Crippen MR) is 121 cm³/mol. The Bertz CT molecular complexity index is 1240. The van der Waals surface area contributed by atoms with Gasteiger partial charge in [0.15, 0.2) is 0 Å². The number of halogens is 1. The topological polar surface area (TPSA) is 104 Å². The minimum atomic E-state index is -3.89. The van der Waals surface area contributed by atoms with Crippen LogP contribution in [0.5, 0.6) is 0 Å². The molecule has 10 heteroatoms. The molecule has 4 rings (SSSR count). The van der Waals surface area contributed by atoms with Crippen molar-refractivity contribution in [3.63, 3.8) is 0 Å². The van der Waals surface area contributed by atoms with Crippen LogP contribution in [0.25, 0.3) is 10.9 Å². The molecular weight excluding hydrogens is 440 g/mol. The number of aromatic amines is 1. The monoisotopic (exact) mass is 462 g/mol. The number of H-pyrrole nitrogens is 1. The van der Waals surface area contributed by atoms with E-state index in [0.717, 1.165) is 5.39 Å². The maximum absolute atomic E-state index is 13.0. The van der Waals surface area contributed by atoms with Crippen LogP contribution >= 0.6 is 11.6 Å². The number of rotatable bonds is 6. The summed E-state index contributed by atoms with van der Waals surface area (Å²) in [6, 6.07) is 11.0. The molecule has 2 heterocycles. The molecule has 1 fully saturated rings. The molecule has 2 amide bonds. The quantitative estimate of drug-likeness (QED) is 0.512. The van der Waals surface area contributed by atoms with Gasteiger partial charge in [-0.25, -0.2) is 13.2 Å². The lowest BCUT2D eigenvalue weighted by Gasteiger charge is -2.47. The number of carbonyl (C=O) groups excluding carboxylic acids is 1. The predicted octanol–water partition coefficient (Wildman–Crippen LogP) is 4.12. The Morgan fingerprint density at radius 2 is 2.00 bits per heavy atom. The van der Waals surface area contributed by atoms with Gasteiger partial charge in [-0.15, -0.1) is 0 Å². The molecule has 1 aliphatic heterocycles. The fourth-order valence-electron chi connectivity index (χ4n) is 3.81. The Kier molecular flexibility index (Phi) is 5.59. The molecule has 3 N–H and O–H groups in total. The summed E-state index contributed by atoms with van der Waals surface area (Å²) in [6.45, 7) is 3.79. The zero-order chi connectivity index (χ0) is 22.2. The summed E-state index contributed by atoms with van der Waals surface area (Å²) < 4.78 is 33.7. The minimum absolute atomic E-state index is 0.0350. The first-order valence-electron chi connectivity index (χ1n) is 9.64. The molecule has 1 aromatic heterocycles. The van der Waals surface area contributed by atoms with Gasteiger partial charge in [-0.3, -0.25) is 4.72 Å². The Morgan fingerprint density at radius 3 is 2.74 bits per heavy atom. The van der Waals surface area contributed by atoms with Crippen LogP contribution in [-0.2, 0) is 14.8 Å². The second-order valence-electron chi connectivity index (χ2n) is 8.03. The van der Waals surface area contributed by atoms with Crippen molar-refractivity contribution < 1.29 is 17.9 Å². The normalized spacial score (nSPS) is 15.5. The van der Waals surface area contributed by atoms with Crippen LogP contribution in [0.4, 0.5) is 16.2 Å². The highest BCUT2D eigenvalue weighted by Crippen LogP contribution is 2.31. The van der Waals surface area contributed by atoms with E-state index in [0.29, 0.717) is 41.6 Å². The third kappa shape index (κ3) is 4.34. The number of amides is 2. The lowest BCUT2D eigenvalue weighted by molar-refractivity contribution is -0.0140. The van der Waals surface area contributed by atoms with E-state index >= 15 is 0 Å². The number of para-hydroxylation sites is 1. The van der Waals surface area contributed by atoms with E-state index in [1.807, 2.05) is 0 Å². The Balaban J connectivity index is 1.49. The smallest absolute Gasteiger partial charge is 0.321 e. The van der Waals surface area contributed by atoms with Crippen LogP contribution in [0.15, 0.2) is 53.6 Å². The van der Waals surface area contributed by atoms with Gasteiger partial charge in [-0.05, 0) is 24.3 Å². The number of nitrogens with one attached hydrogen (secondary N) is 3. The lowest BCUT2D eigenvalue weighted by atomic mass is 9.83. The number of likely N-dealkylation sites (tertiary alicyclic amines) is 1. The summed E-state index contributed by atoms with van der Waals surface area (Å²) in [7, 11) is -2.25. The number of benzene rings is 2. The summed E-state index contributed by atoms with van der Waals surface area (Å²) in [5, 5.41) is 3.99. The third-order valence-corrected chi connectivity index (χ3v) is 6.91. The van der Waals surface area contributed by atoms with Gasteiger partial charge in [-0.2, -0.15) is 0 Å². The number of anilines is 2. The van der Waals surface area contributed by atoms with Crippen molar-refractivity contribution in [2.45, 2.75) is 11.8 Å². The summed E-state index contributed by atoms with van der Waals surface area (Å²) in [4.78, 5) is 17.2. The van der Waals surface area contributed by atoms with Crippen molar-refractivity contribution in [3.05, 3.63) is 53.7 Å². The largest absolute Gasteiger partial charge is 0.384 e. The average molecular weight is 463 g/mol. The van der Waals surface area contributed by atoms with Crippen LogP contribution in [-0.4, -0.2) is 51.1 Å². The van der Waals surface area contributed by atoms with Crippen molar-refractivity contribution in [1.82, 2.24) is 9.88 Å². The van der Waals surface area contributed by atoms with Gasteiger partial charge < -0.3 is 19.9 Å². The number of aromatic nitrogens is 1. The molecule has 0 aliphatic carbocycles. The van der Waals surface area contributed by atoms with E-state index in [4.69, 9.17) is 16.3 Å².